The van der Waals surface area contributed by atoms with Gasteiger partial charge in [0.15, 0.2) is 0 Å². The summed E-state index contributed by atoms with van der Waals surface area (Å²) in [5.41, 5.74) is -0.161. The van der Waals surface area contributed by atoms with Crippen LogP contribution < -0.4 is 5.32 Å². The first-order chi connectivity index (χ1) is 15.7. The Hall–Kier alpha value is -3.14. The van der Waals surface area contributed by atoms with E-state index in [1.807, 2.05) is 17.0 Å². The lowest BCUT2D eigenvalue weighted by Gasteiger charge is -2.27. The van der Waals surface area contributed by atoms with Gasteiger partial charge in [0.2, 0.25) is 5.96 Å². The predicted molar refractivity (Wildman–Crippen MR) is 128 cm³/mol. The molecule has 0 radical (unpaired) electrons. The molecule has 0 unspecified atom stereocenters. The number of hydrogen-bond donors (Lipinski definition) is 2. The lowest BCUT2D eigenvalue weighted by Crippen LogP contribution is -2.47. The highest BCUT2D eigenvalue weighted by Crippen LogP contribution is 2.13. The van der Waals surface area contributed by atoms with Crippen LogP contribution in [0.2, 0.25) is 0 Å². The molecule has 1 aliphatic rings. The van der Waals surface area contributed by atoms with E-state index in [4.69, 9.17) is 14.6 Å². The number of aliphatic imine (C=N–C) groups is 1. The van der Waals surface area contributed by atoms with Crippen molar-refractivity contribution in [3.05, 3.63) is 35.4 Å². The van der Waals surface area contributed by atoms with Crippen LogP contribution in [0.1, 0.15) is 63.9 Å². The zero-order valence-electron chi connectivity index (χ0n) is 20.9. The van der Waals surface area contributed by atoms with Crippen LogP contribution in [-0.4, -0.2) is 76.4 Å². The van der Waals surface area contributed by atoms with Crippen molar-refractivity contribution in [2.24, 2.45) is 4.99 Å². The Bertz CT molecular complexity index is 900. The number of carboxylic acids is 1. The first kappa shape index (κ1) is 27.1. The van der Waals surface area contributed by atoms with E-state index in [9.17, 15) is 14.4 Å². The zero-order chi connectivity index (χ0) is 25.5. The Labute approximate surface area is 200 Å². The predicted octanol–water partition coefficient (Wildman–Crippen LogP) is 3.71. The summed E-state index contributed by atoms with van der Waals surface area (Å²) >= 11 is 0. The number of alkyl carbamates (subject to hydrolysis) is 1. The van der Waals surface area contributed by atoms with Crippen molar-refractivity contribution in [2.75, 3.05) is 26.2 Å². The number of carboxylic acid groups (broad SMARTS) is 1. The Balaban J connectivity index is 2.10. The minimum Gasteiger partial charge on any atom is -0.478 e. The van der Waals surface area contributed by atoms with Crippen LogP contribution in [-0.2, 0) is 16.0 Å². The van der Waals surface area contributed by atoms with Gasteiger partial charge in [-0.3, -0.25) is 10.2 Å². The van der Waals surface area contributed by atoms with Crippen molar-refractivity contribution in [1.29, 1.82) is 0 Å². The van der Waals surface area contributed by atoms with Crippen molar-refractivity contribution in [3.63, 3.8) is 0 Å². The van der Waals surface area contributed by atoms with Crippen LogP contribution in [0, 0.1) is 0 Å². The minimum atomic E-state index is -0.953. The Morgan fingerprint density at radius 3 is 2.12 bits per heavy atom. The molecule has 2 rings (SSSR count). The van der Waals surface area contributed by atoms with Crippen LogP contribution in [0.3, 0.4) is 0 Å². The molecule has 1 heterocycles. The quantitative estimate of drug-likeness (QED) is 0.500. The number of amides is 2. The SMILES string of the molecule is CC(C)(C)OC(=O)/N=C(/NC(=O)OC(C)(C)C)N1CCCN(Cc2ccc(C(=O)O)cc2)CC1. The number of aromatic carboxylic acids is 1. The summed E-state index contributed by atoms with van der Waals surface area (Å²) in [7, 11) is 0. The number of benzene rings is 1. The number of carbonyl (C=O) groups excluding carboxylic acids is 2. The maximum atomic E-state index is 12.4. The second-order valence-corrected chi connectivity index (χ2v) is 10.2. The highest BCUT2D eigenvalue weighted by atomic mass is 16.6. The van der Waals surface area contributed by atoms with Crippen LogP contribution in [0.15, 0.2) is 29.3 Å². The molecule has 1 fully saturated rings. The van der Waals surface area contributed by atoms with Crippen LogP contribution in [0.5, 0.6) is 0 Å². The number of ether oxygens (including phenoxy) is 2. The molecular formula is C24H36N4O6. The normalized spacial score (nSPS) is 15.9. The average Bonchev–Trinajstić information content (AvgIpc) is 2.90. The second-order valence-electron chi connectivity index (χ2n) is 10.2. The largest absolute Gasteiger partial charge is 0.478 e. The van der Waals surface area contributed by atoms with Crippen LogP contribution >= 0.6 is 0 Å². The molecule has 0 saturated carbocycles. The third-order valence-corrected chi connectivity index (χ3v) is 4.70. The Morgan fingerprint density at radius 1 is 0.941 bits per heavy atom. The number of hydrogen-bond acceptors (Lipinski definition) is 6. The molecule has 2 amide bonds. The number of rotatable bonds is 3. The lowest BCUT2D eigenvalue weighted by molar-refractivity contribution is 0.0553. The molecule has 10 nitrogen and oxygen atoms in total. The number of guanidine groups is 1. The molecule has 2 N–H and O–H groups in total. The van der Waals surface area contributed by atoms with E-state index in [-0.39, 0.29) is 11.5 Å². The van der Waals surface area contributed by atoms with E-state index in [0.717, 1.165) is 18.5 Å². The van der Waals surface area contributed by atoms with E-state index >= 15 is 0 Å². The van der Waals surface area contributed by atoms with Gasteiger partial charge in [0.1, 0.15) is 11.2 Å². The molecule has 0 atom stereocenters. The first-order valence-corrected chi connectivity index (χ1v) is 11.3. The lowest BCUT2D eigenvalue weighted by atomic mass is 10.1. The molecule has 1 saturated heterocycles. The summed E-state index contributed by atoms with van der Waals surface area (Å²) in [5, 5.41) is 11.7. The summed E-state index contributed by atoms with van der Waals surface area (Å²) in [4.78, 5) is 43.9. The number of nitrogens with zero attached hydrogens (tertiary/aromatic N) is 3. The summed E-state index contributed by atoms with van der Waals surface area (Å²) in [6, 6.07) is 6.81. The summed E-state index contributed by atoms with van der Waals surface area (Å²) in [5.74, 6) is -0.859. The monoisotopic (exact) mass is 476 g/mol. The number of carbonyl (C=O) groups is 3. The Kier molecular flexibility index (Phi) is 9.03. The first-order valence-electron chi connectivity index (χ1n) is 11.3. The summed E-state index contributed by atoms with van der Waals surface area (Å²) in [6.45, 7) is 13.7. The number of nitrogens with one attached hydrogen (secondary N) is 1. The van der Waals surface area contributed by atoms with Gasteiger partial charge in [-0.15, -0.1) is 4.99 Å². The fraction of sp³-hybridized carbons (Fsp3) is 0.583. The molecule has 10 heteroatoms. The third kappa shape index (κ3) is 9.78. The van der Waals surface area contributed by atoms with Gasteiger partial charge in [-0.25, -0.2) is 14.4 Å². The Morgan fingerprint density at radius 2 is 1.56 bits per heavy atom. The zero-order valence-corrected chi connectivity index (χ0v) is 20.9. The molecular weight excluding hydrogens is 440 g/mol. The molecule has 1 aromatic carbocycles. The van der Waals surface area contributed by atoms with Gasteiger partial charge in [-0.1, -0.05) is 12.1 Å². The summed E-state index contributed by atoms with van der Waals surface area (Å²) in [6.07, 6.45) is -0.719. The van der Waals surface area contributed by atoms with E-state index in [1.165, 1.54) is 0 Å². The third-order valence-electron chi connectivity index (χ3n) is 4.70. The smallest absolute Gasteiger partial charge is 0.437 e. The fourth-order valence-electron chi connectivity index (χ4n) is 3.30. The van der Waals surface area contributed by atoms with Crippen molar-refractivity contribution < 1.29 is 29.0 Å². The van der Waals surface area contributed by atoms with Crippen LogP contribution in [0.25, 0.3) is 0 Å². The van der Waals surface area contributed by atoms with Crippen molar-refractivity contribution in [1.82, 2.24) is 15.1 Å². The van der Waals surface area contributed by atoms with E-state index in [1.54, 1.807) is 53.7 Å². The van der Waals surface area contributed by atoms with Crippen molar-refractivity contribution in [2.45, 2.75) is 65.7 Å². The van der Waals surface area contributed by atoms with Gasteiger partial charge >= 0.3 is 18.2 Å². The second kappa shape index (κ2) is 11.3. The van der Waals surface area contributed by atoms with Gasteiger partial charge in [0.05, 0.1) is 5.56 Å². The van der Waals surface area contributed by atoms with E-state index in [0.29, 0.717) is 26.2 Å². The van der Waals surface area contributed by atoms with Crippen LogP contribution in [0.4, 0.5) is 9.59 Å². The van der Waals surface area contributed by atoms with E-state index < -0.39 is 29.4 Å². The molecule has 0 spiro atoms. The van der Waals surface area contributed by atoms with Crippen molar-refractivity contribution >= 4 is 24.1 Å². The highest BCUT2D eigenvalue weighted by Gasteiger charge is 2.25. The topological polar surface area (TPSA) is 121 Å². The van der Waals surface area contributed by atoms with Gasteiger partial charge < -0.3 is 19.5 Å². The molecule has 1 aliphatic heterocycles. The molecule has 0 bridgehead atoms. The van der Waals surface area contributed by atoms with E-state index in [2.05, 4.69) is 15.2 Å². The molecule has 0 aliphatic carbocycles. The maximum absolute atomic E-state index is 12.4. The molecule has 34 heavy (non-hydrogen) atoms. The maximum Gasteiger partial charge on any atom is 0.437 e. The van der Waals surface area contributed by atoms with Gasteiger partial charge in [0, 0.05) is 32.7 Å². The van der Waals surface area contributed by atoms with Gasteiger partial charge in [-0.05, 0) is 65.7 Å². The average molecular weight is 477 g/mol. The molecule has 1 aromatic rings. The minimum absolute atomic E-state index is 0.0937. The van der Waals surface area contributed by atoms with Crippen molar-refractivity contribution in [3.8, 4) is 0 Å². The summed E-state index contributed by atoms with van der Waals surface area (Å²) < 4.78 is 10.6. The molecule has 0 aromatic heterocycles. The van der Waals surface area contributed by atoms with Gasteiger partial charge in [0.25, 0.3) is 0 Å². The highest BCUT2D eigenvalue weighted by molar-refractivity contribution is 5.99. The fourth-order valence-corrected chi connectivity index (χ4v) is 3.30. The molecule has 188 valence electrons. The van der Waals surface area contributed by atoms with Gasteiger partial charge in [-0.2, -0.15) is 0 Å². The standard InChI is InChI=1S/C24H36N4O6/c1-23(2,3)33-21(31)25-20(26-22(32)34-24(4,5)6)28-13-7-12-27(14-15-28)16-17-8-10-18(11-9-17)19(29)30/h8-11H,7,12-16H2,1-6H3,(H,29,30)(H,25,26,31,32).